The van der Waals surface area contributed by atoms with Gasteiger partial charge >= 0.3 is 0 Å². The van der Waals surface area contributed by atoms with E-state index in [-0.39, 0.29) is 23.6 Å². The van der Waals surface area contributed by atoms with Gasteiger partial charge in [0.1, 0.15) is 6.04 Å². The van der Waals surface area contributed by atoms with Crippen molar-refractivity contribution in [2.45, 2.75) is 39.7 Å². The first kappa shape index (κ1) is 20.3. The lowest BCUT2D eigenvalue weighted by Gasteiger charge is -2.35. The van der Waals surface area contributed by atoms with E-state index >= 15 is 0 Å². The average molecular weight is 386 g/mol. The van der Waals surface area contributed by atoms with Crippen LogP contribution in [0.2, 0.25) is 0 Å². The van der Waals surface area contributed by atoms with Gasteiger partial charge in [0.25, 0.3) is 0 Å². The van der Waals surface area contributed by atoms with E-state index in [4.69, 9.17) is 0 Å². The standard InChI is InChI=1S/C21H30N4O3/c1-14-5-4-6-15(2)19(14)23-18(26)13-24-9-11-25(12-10-24)21(28)16(3)22-20(27)17-7-8-17/h4-6,16-17H,7-13H2,1-3H3,(H,22,27)(H,23,26)/t16-/m0/s1. The molecule has 1 saturated heterocycles. The Kier molecular flexibility index (Phi) is 6.34. The number of para-hydroxylation sites is 1. The lowest BCUT2D eigenvalue weighted by atomic mass is 10.1. The molecule has 0 bridgehead atoms. The van der Waals surface area contributed by atoms with Crippen molar-refractivity contribution >= 4 is 23.4 Å². The van der Waals surface area contributed by atoms with Gasteiger partial charge in [0.05, 0.1) is 6.54 Å². The molecule has 1 heterocycles. The number of carbonyl (C=O) groups excluding carboxylic acids is 3. The van der Waals surface area contributed by atoms with Crippen LogP contribution >= 0.6 is 0 Å². The Hall–Kier alpha value is -2.41. The van der Waals surface area contributed by atoms with Gasteiger partial charge < -0.3 is 15.5 Å². The van der Waals surface area contributed by atoms with E-state index in [1.54, 1.807) is 11.8 Å². The van der Waals surface area contributed by atoms with Crippen LogP contribution in [-0.2, 0) is 14.4 Å². The minimum absolute atomic E-state index is 0.0114. The van der Waals surface area contributed by atoms with Crippen molar-refractivity contribution in [3.63, 3.8) is 0 Å². The first-order valence-corrected chi connectivity index (χ1v) is 10.0. The summed E-state index contributed by atoms with van der Waals surface area (Å²) < 4.78 is 0. The molecule has 2 N–H and O–H groups in total. The molecule has 1 saturated carbocycles. The number of piperazine rings is 1. The summed E-state index contributed by atoms with van der Waals surface area (Å²) in [7, 11) is 0. The molecule has 0 spiro atoms. The van der Waals surface area contributed by atoms with Gasteiger partial charge in [-0.1, -0.05) is 18.2 Å². The minimum Gasteiger partial charge on any atom is -0.344 e. The molecular formula is C21H30N4O3. The number of nitrogens with one attached hydrogen (secondary N) is 2. The molecule has 2 fully saturated rings. The first-order valence-electron chi connectivity index (χ1n) is 10.0. The molecule has 3 amide bonds. The highest BCUT2D eigenvalue weighted by molar-refractivity contribution is 5.93. The van der Waals surface area contributed by atoms with Gasteiger partial charge in [-0.3, -0.25) is 19.3 Å². The maximum atomic E-state index is 12.5. The summed E-state index contributed by atoms with van der Waals surface area (Å²) >= 11 is 0. The fourth-order valence-electron chi connectivity index (χ4n) is 3.53. The molecule has 1 aromatic rings. The molecule has 3 rings (SSSR count). The summed E-state index contributed by atoms with van der Waals surface area (Å²) in [6, 6.07) is 5.45. The van der Waals surface area contributed by atoms with Crippen molar-refractivity contribution in [2.75, 3.05) is 38.0 Å². The molecule has 1 atom stereocenters. The summed E-state index contributed by atoms with van der Waals surface area (Å²) in [5, 5.41) is 5.82. The highest BCUT2D eigenvalue weighted by atomic mass is 16.2. The second kappa shape index (κ2) is 8.73. The van der Waals surface area contributed by atoms with Crippen molar-refractivity contribution in [2.24, 2.45) is 5.92 Å². The predicted molar refractivity (Wildman–Crippen MR) is 108 cm³/mol. The fraction of sp³-hybridized carbons (Fsp3) is 0.571. The number of amides is 3. The van der Waals surface area contributed by atoms with Gasteiger partial charge in [-0.15, -0.1) is 0 Å². The number of hydrogen-bond donors (Lipinski definition) is 2. The summed E-state index contributed by atoms with van der Waals surface area (Å²) in [4.78, 5) is 40.6. The molecule has 2 aliphatic rings. The van der Waals surface area contributed by atoms with Crippen molar-refractivity contribution in [3.8, 4) is 0 Å². The number of benzene rings is 1. The van der Waals surface area contributed by atoms with E-state index in [1.807, 2.05) is 32.0 Å². The number of aryl methyl sites for hydroxylation is 2. The van der Waals surface area contributed by atoms with Crippen molar-refractivity contribution in [1.29, 1.82) is 0 Å². The molecular weight excluding hydrogens is 356 g/mol. The van der Waals surface area contributed by atoms with Gasteiger partial charge in [-0.25, -0.2) is 0 Å². The Morgan fingerprint density at radius 3 is 2.25 bits per heavy atom. The monoisotopic (exact) mass is 386 g/mol. The van der Waals surface area contributed by atoms with E-state index in [1.165, 1.54) is 0 Å². The van der Waals surface area contributed by atoms with E-state index in [0.717, 1.165) is 29.7 Å². The Balaban J connectivity index is 1.44. The second-order valence-corrected chi connectivity index (χ2v) is 7.92. The normalized spacial score (nSPS) is 18.5. The average Bonchev–Trinajstić information content (AvgIpc) is 3.50. The lowest BCUT2D eigenvalue weighted by molar-refractivity contribution is -0.137. The summed E-state index contributed by atoms with van der Waals surface area (Å²) in [5.74, 6) is 0.000955. The Bertz CT molecular complexity index is 732. The Labute approximate surface area is 166 Å². The molecule has 1 aliphatic carbocycles. The van der Waals surface area contributed by atoms with Crippen molar-refractivity contribution < 1.29 is 14.4 Å². The SMILES string of the molecule is Cc1cccc(C)c1NC(=O)CN1CCN(C(=O)[C@H](C)NC(=O)C2CC2)CC1. The van der Waals surface area contributed by atoms with Gasteiger partial charge in [0.15, 0.2) is 0 Å². The number of nitrogens with zero attached hydrogens (tertiary/aromatic N) is 2. The van der Waals surface area contributed by atoms with Gasteiger partial charge in [0, 0.05) is 37.8 Å². The van der Waals surface area contributed by atoms with Crippen LogP contribution < -0.4 is 10.6 Å². The highest BCUT2D eigenvalue weighted by Gasteiger charge is 2.33. The largest absolute Gasteiger partial charge is 0.344 e. The van der Waals surface area contributed by atoms with Crippen LogP contribution in [0.1, 0.15) is 30.9 Å². The molecule has 28 heavy (non-hydrogen) atoms. The molecule has 152 valence electrons. The molecule has 7 nitrogen and oxygen atoms in total. The third kappa shape index (κ3) is 5.10. The molecule has 0 unspecified atom stereocenters. The third-order valence-corrected chi connectivity index (χ3v) is 5.47. The number of anilines is 1. The van der Waals surface area contributed by atoms with Crippen LogP contribution in [0.15, 0.2) is 18.2 Å². The minimum atomic E-state index is -0.494. The van der Waals surface area contributed by atoms with Crippen LogP contribution in [0.25, 0.3) is 0 Å². The zero-order valence-corrected chi connectivity index (χ0v) is 17.0. The molecule has 1 aliphatic heterocycles. The summed E-state index contributed by atoms with van der Waals surface area (Å²) in [6.45, 7) is 8.45. The quantitative estimate of drug-likeness (QED) is 0.772. The highest BCUT2D eigenvalue weighted by Crippen LogP contribution is 2.28. The zero-order chi connectivity index (χ0) is 20.3. The van der Waals surface area contributed by atoms with Gasteiger partial charge in [0.2, 0.25) is 17.7 Å². The summed E-state index contributed by atoms with van der Waals surface area (Å²) in [5.41, 5.74) is 2.97. The maximum Gasteiger partial charge on any atom is 0.244 e. The molecule has 0 radical (unpaired) electrons. The predicted octanol–water partition coefficient (Wildman–Crippen LogP) is 1.30. The fourth-order valence-corrected chi connectivity index (χ4v) is 3.53. The van der Waals surface area contributed by atoms with E-state index in [0.29, 0.717) is 32.7 Å². The van der Waals surface area contributed by atoms with E-state index in [9.17, 15) is 14.4 Å². The Morgan fingerprint density at radius 2 is 1.68 bits per heavy atom. The molecule has 1 aromatic carbocycles. The van der Waals surface area contributed by atoms with Crippen LogP contribution in [0, 0.1) is 19.8 Å². The second-order valence-electron chi connectivity index (χ2n) is 7.92. The van der Waals surface area contributed by atoms with E-state index in [2.05, 4.69) is 15.5 Å². The first-order chi connectivity index (χ1) is 13.3. The maximum absolute atomic E-state index is 12.5. The van der Waals surface area contributed by atoms with Gasteiger partial charge in [-0.2, -0.15) is 0 Å². The Morgan fingerprint density at radius 1 is 1.07 bits per heavy atom. The van der Waals surface area contributed by atoms with Crippen LogP contribution in [-0.4, -0.2) is 66.3 Å². The topological polar surface area (TPSA) is 81.8 Å². The van der Waals surface area contributed by atoms with E-state index < -0.39 is 6.04 Å². The van der Waals surface area contributed by atoms with Crippen molar-refractivity contribution in [1.82, 2.24) is 15.1 Å². The van der Waals surface area contributed by atoms with Crippen molar-refractivity contribution in [3.05, 3.63) is 29.3 Å². The lowest BCUT2D eigenvalue weighted by Crippen LogP contribution is -2.55. The van der Waals surface area contributed by atoms with Crippen LogP contribution in [0.3, 0.4) is 0 Å². The zero-order valence-electron chi connectivity index (χ0n) is 17.0. The third-order valence-electron chi connectivity index (χ3n) is 5.47. The molecule has 0 aromatic heterocycles. The van der Waals surface area contributed by atoms with Gasteiger partial charge in [-0.05, 0) is 44.7 Å². The number of rotatable bonds is 6. The number of carbonyl (C=O) groups is 3. The smallest absolute Gasteiger partial charge is 0.244 e. The molecule has 7 heteroatoms. The van der Waals surface area contributed by atoms with Crippen LogP contribution in [0.4, 0.5) is 5.69 Å². The summed E-state index contributed by atoms with van der Waals surface area (Å²) in [6.07, 6.45) is 1.85. The van der Waals surface area contributed by atoms with Crippen LogP contribution in [0.5, 0.6) is 0 Å². The number of hydrogen-bond acceptors (Lipinski definition) is 4.